The summed E-state index contributed by atoms with van der Waals surface area (Å²) in [5, 5.41) is 10.6. The number of carbonyl (C=O) groups excluding carboxylic acids is 1. The monoisotopic (exact) mass is 418 g/mol. The third-order valence-electron chi connectivity index (χ3n) is 5.86. The highest BCUT2D eigenvalue weighted by Gasteiger charge is 2.41. The van der Waals surface area contributed by atoms with Crippen molar-refractivity contribution in [3.05, 3.63) is 93.7 Å². The van der Waals surface area contributed by atoms with Crippen LogP contribution in [0.25, 0.3) is 0 Å². The summed E-state index contributed by atoms with van der Waals surface area (Å²) in [6, 6.07) is 19.6. The van der Waals surface area contributed by atoms with Gasteiger partial charge in [-0.25, -0.2) is 0 Å². The molecule has 1 amide bonds. The predicted octanol–water partition coefficient (Wildman–Crippen LogP) is 2.65. The lowest BCUT2D eigenvalue weighted by Gasteiger charge is -2.42. The van der Waals surface area contributed by atoms with Gasteiger partial charge in [0.15, 0.2) is 5.69 Å². The standard InChI is InChI=1S/C24H26N4O3/c1-15(2)27-14-18(28-19(13-25)26-23(30)22(29)21(28)24(27)31)20(16-9-5-3-6-10-16)17-11-7-4-8-12-17/h3-12,15,18,20,29H,13-14,25H2,1-2H3/t18-/m1/s1. The van der Waals surface area contributed by atoms with Crippen LogP contribution in [0.2, 0.25) is 0 Å². The highest BCUT2D eigenvalue weighted by molar-refractivity contribution is 5.96. The fourth-order valence-corrected chi connectivity index (χ4v) is 4.43. The quantitative estimate of drug-likeness (QED) is 0.663. The maximum atomic E-state index is 13.3. The Morgan fingerprint density at radius 2 is 1.58 bits per heavy atom. The van der Waals surface area contributed by atoms with E-state index in [9.17, 15) is 14.7 Å². The summed E-state index contributed by atoms with van der Waals surface area (Å²) >= 11 is 0. The highest BCUT2D eigenvalue weighted by Crippen LogP contribution is 2.40. The van der Waals surface area contributed by atoms with Crippen LogP contribution in [0.15, 0.2) is 65.5 Å². The number of nitrogens with zero attached hydrogens (tertiary/aromatic N) is 3. The Kier molecular flexibility index (Phi) is 5.61. The molecule has 3 aromatic rings. The van der Waals surface area contributed by atoms with E-state index in [-0.39, 0.29) is 36.1 Å². The first-order valence-corrected chi connectivity index (χ1v) is 10.4. The van der Waals surface area contributed by atoms with Gasteiger partial charge in [0.05, 0.1) is 12.6 Å². The van der Waals surface area contributed by atoms with Crippen LogP contribution in [-0.4, -0.2) is 38.1 Å². The van der Waals surface area contributed by atoms with E-state index < -0.39 is 17.2 Å². The zero-order chi connectivity index (χ0) is 22.1. The number of amides is 1. The molecule has 0 fully saturated rings. The normalized spacial score (nSPS) is 16.1. The number of hydrogen-bond acceptors (Lipinski definition) is 5. The van der Waals surface area contributed by atoms with Crippen LogP contribution in [0.5, 0.6) is 5.75 Å². The second-order valence-corrected chi connectivity index (χ2v) is 8.02. The number of aromatic hydroxyl groups is 1. The summed E-state index contributed by atoms with van der Waals surface area (Å²) < 4.78 is 1.68. The van der Waals surface area contributed by atoms with Crippen LogP contribution >= 0.6 is 0 Å². The molecular formula is C24H26N4O3. The Morgan fingerprint density at radius 1 is 1.03 bits per heavy atom. The summed E-state index contributed by atoms with van der Waals surface area (Å²) in [4.78, 5) is 31.3. The van der Waals surface area contributed by atoms with E-state index in [1.54, 1.807) is 9.47 Å². The largest absolute Gasteiger partial charge is 0.501 e. The van der Waals surface area contributed by atoms with Crippen molar-refractivity contribution in [3.8, 4) is 5.75 Å². The van der Waals surface area contributed by atoms with Crippen molar-refractivity contribution in [1.82, 2.24) is 14.5 Å². The summed E-state index contributed by atoms with van der Waals surface area (Å²) in [5.41, 5.74) is 7.19. The van der Waals surface area contributed by atoms with Gasteiger partial charge in [0, 0.05) is 18.5 Å². The Balaban J connectivity index is 2.02. The van der Waals surface area contributed by atoms with Gasteiger partial charge in [-0.3, -0.25) is 9.59 Å². The lowest BCUT2D eigenvalue weighted by atomic mass is 9.83. The molecule has 1 atom stereocenters. The minimum absolute atomic E-state index is 0.0235. The van der Waals surface area contributed by atoms with Crippen molar-refractivity contribution in [2.24, 2.45) is 5.73 Å². The molecule has 0 aliphatic carbocycles. The molecule has 0 spiro atoms. The van der Waals surface area contributed by atoms with Crippen LogP contribution in [0.4, 0.5) is 0 Å². The summed E-state index contributed by atoms with van der Waals surface area (Å²) in [6.45, 7) is 4.22. The molecule has 0 saturated heterocycles. The lowest BCUT2D eigenvalue weighted by molar-refractivity contribution is 0.0581. The van der Waals surface area contributed by atoms with Gasteiger partial charge in [0.2, 0.25) is 5.75 Å². The van der Waals surface area contributed by atoms with Crippen LogP contribution in [-0.2, 0) is 6.54 Å². The predicted molar refractivity (Wildman–Crippen MR) is 118 cm³/mol. The van der Waals surface area contributed by atoms with Crippen LogP contribution in [0.1, 0.15) is 53.2 Å². The van der Waals surface area contributed by atoms with Crippen LogP contribution in [0, 0.1) is 0 Å². The number of aromatic nitrogens is 2. The van der Waals surface area contributed by atoms with Crippen LogP contribution in [0.3, 0.4) is 0 Å². The molecule has 1 aromatic heterocycles. The van der Waals surface area contributed by atoms with E-state index in [4.69, 9.17) is 5.73 Å². The number of fused-ring (bicyclic) bond motifs is 1. The molecule has 0 unspecified atom stereocenters. The minimum atomic E-state index is -0.833. The Hall–Kier alpha value is -3.45. The maximum absolute atomic E-state index is 13.3. The molecule has 0 bridgehead atoms. The van der Waals surface area contributed by atoms with Crippen molar-refractivity contribution in [3.63, 3.8) is 0 Å². The molecule has 1 aliphatic heterocycles. The first-order valence-electron chi connectivity index (χ1n) is 10.4. The average molecular weight is 418 g/mol. The van der Waals surface area contributed by atoms with Crippen molar-refractivity contribution in [2.45, 2.75) is 38.4 Å². The number of benzene rings is 2. The number of rotatable bonds is 5. The van der Waals surface area contributed by atoms with E-state index in [1.165, 1.54) is 0 Å². The van der Waals surface area contributed by atoms with Crippen molar-refractivity contribution in [1.29, 1.82) is 0 Å². The van der Waals surface area contributed by atoms with E-state index in [2.05, 4.69) is 4.98 Å². The fraction of sp³-hybridized carbons (Fsp3) is 0.292. The second kappa shape index (κ2) is 8.35. The molecule has 2 aromatic carbocycles. The van der Waals surface area contributed by atoms with Gasteiger partial charge in [-0.15, -0.1) is 0 Å². The average Bonchev–Trinajstić information content (AvgIpc) is 2.78. The molecule has 7 nitrogen and oxygen atoms in total. The van der Waals surface area contributed by atoms with Gasteiger partial charge >= 0.3 is 5.56 Å². The fourth-order valence-electron chi connectivity index (χ4n) is 4.43. The van der Waals surface area contributed by atoms with Gasteiger partial charge in [-0.05, 0) is 25.0 Å². The molecule has 4 rings (SSSR count). The molecule has 31 heavy (non-hydrogen) atoms. The number of hydrogen-bond donors (Lipinski definition) is 2. The first kappa shape index (κ1) is 20.8. The smallest absolute Gasteiger partial charge is 0.315 e. The molecule has 3 N–H and O–H groups in total. The van der Waals surface area contributed by atoms with E-state index in [0.717, 1.165) is 11.1 Å². The third kappa shape index (κ3) is 3.61. The molecule has 7 heteroatoms. The molecule has 160 valence electrons. The lowest BCUT2D eigenvalue weighted by Crippen LogP contribution is -2.50. The van der Waals surface area contributed by atoms with Gasteiger partial charge < -0.3 is 20.3 Å². The molecule has 0 saturated carbocycles. The highest BCUT2D eigenvalue weighted by atomic mass is 16.3. The summed E-state index contributed by atoms with van der Waals surface area (Å²) in [6.07, 6.45) is 0. The number of nitrogens with two attached hydrogens (primary N) is 1. The van der Waals surface area contributed by atoms with Crippen molar-refractivity contribution in [2.75, 3.05) is 6.54 Å². The second-order valence-electron chi connectivity index (χ2n) is 8.02. The van der Waals surface area contributed by atoms with Gasteiger partial charge in [-0.2, -0.15) is 4.98 Å². The van der Waals surface area contributed by atoms with E-state index in [0.29, 0.717) is 6.54 Å². The zero-order valence-corrected chi connectivity index (χ0v) is 17.6. The first-order chi connectivity index (χ1) is 14.9. The van der Waals surface area contributed by atoms with E-state index >= 15 is 0 Å². The Morgan fingerprint density at radius 3 is 2.06 bits per heavy atom. The maximum Gasteiger partial charge on any atom is 0.315 e. The molecule has 1 aliphatic rings. The summed E-state index contributed by atoms with van der Waals surface area (Å²) in [5.74, 6) is -0.879. The van der Waals surface area contributed by atoms with Gasteiger partial charge in [0.25, 0.3) is 5.91 Å². The zero-order valence-electron chi connectivity index (χ0n) is 17.6. The van der Waals surface area contributed by atoms with Crippen molar-refractivity contribution < 1.29 is 9.90 Å². The third-order valence-corrected chi connectivity index (χ3v) is 5.86. The van der Waals surface area contributed by atoms with E-state index in [1.807, 2.05) is 74.5 Å². The van der Waals surface area contributed by atoms with Crippen LogP contribution < -0.4 is 11.3 Å². The van der Waals surface area contributed by atoms with Crippen molar-refractivity contribution >= 4 is 5.91 Å². The number of carbonyl (C=O) groups is 1. The molecule has 2 heterocycles. The molecule has 0 radical (unpaired) electrons. The summed E-state index contributed by atoms with van der Waals surface area (Å²) in [7, 11) is 0. The SMILES string of the molecule is CC(C)N1C[C@H](C(c2ccccc2)c2ccccc2)n2c(CN)nc(=O)c(O)c2C1=O. The Labute approximate surface area is 180 Å². The van der Waals surface area contributed by atoms with Gasteiger partial charge in [0.1, 0.15) is 5.82 Å². The molecular weight excluding hydrogens is 392 g/mol. The Bertz CT molecular complexity index is 1100. The topological polar surface area (TPSA) is 101 Å². The minimum Gasteiger partial charge on any atom is -0.501 e. The van der Waals surface area contributed by atoms with Gasteiger partial charge in [-0.1, -0.05) is 60.7 Å².